The molecule has 0 saturated carbocycles. The summed E-state index contributed by atoms with van der Waals surface area (Å²) in [5, 5.41) is 0. The predicted octanol–water partition coefficient (Wildman–Crippen LogP) is 1.18. The third-order valence-electron chi connectivity index (χ3n) is 1.58. The van der Waals surface area contributed by atoms with Crippen molar-refractivity contribution in [3.63, 3.8) is 0 Å². The van der Waals surface area contributed by atoms with Gasteiger partial charge in [0.15, 0.2) is 0 Å². The zero-order chi connectivity index (χ0) is 11.5. The molecule has 0 aliphatic heterocycles. The van der Waals surface area contributed by atoms with Gasteiger partial charge in [-0.2, -0.15) is 0 Å². The Morgan fingerprint density at radius 1 is 1.20 bits per heavy atom. The van der Waals surface area contributed by atoms with Crippen molar-refractivity contribution in [1.29, 1.82) is 0 Å². The molecule has 15 heavy (non-hydrogen) atoms. The molecule has 1 N–H and O–H groups in total. The summed E-state index contributed by atoms with van der Waals surface area (Å²) in [4.78, 5) is 0. The van der Waals surface area contributed by atoms with Crippen LogP contribution in [-0.2, 0) is 34.6 Å². The van der Waals surface area contributed by atoms with Crippen molar-refractivity contribution in [3.05, 3.63) is 39.1 Å². The maximum absolute atomic E-state index is 10.7. The molecule has 0 radical (unpaired) electrons. The van der Waals surface area contributed by atoms with E-state index in [0.717, 1.165) is 6.08 Å². The van der Waals surface area contributed by atoms with Gasteiger partial charge in [0.25, 0.3) is 0 Å². The Morgan fingerprint density at radius 2 is 1.73 bits per heavy atom. The molecule has 0 aliphatic rings. The fourth-order valence-corrected chi connectivity index (χ4v) is 2.87. The van der Waals surface area contributed by atoms with Gasteiger partial charge in [-0.1, -0.05) is 0 Å². The van der Waals surface area contributed by atoms with Crippen LogP contribution in [0.4, 0.5) is 0 Å². The Hall–Kier alpha value is -0.816. The molecule has 79 valence electrons. The zero-order valence-electron chi connectivity index (χ0n) is 7.45. The van der Waals surface area contributed by atoms with Gasteiger partial charge in [-0.15, -0.1) is 0 Å². The standard InChI is InChI=1S/C8H7O3S.2O.Ti/c9-12(10,11)7-6-8-4-2-1-3-5-8;;;/h1-6H,(H,9,10,11);;;. The molecule has 5 nitrogen and oxygen atoms in total. The molecular weight excluding hydrogens is 256 g/mol. The number of benzene rings is 1. The van der Waals surface area contributed by atoms with E-state index < -0.39 is 31.1 Å². The molecule has 0 spiro atoms. The fraction of sp³-hybridized carbons (Fsp3) is 0. The molecule has 1 aromatic rings. The van der Waals surface area contributed by atoms with Crippen LogP contribution >= 0.6 is 0 Å². The zero-order valence-corrected chi connectivity index (χ0v) is 9.83. The van der Waals surface area contributed by atoms with Gasteiger partial charge in [-0.05, 0) is 0 Å². The predicted molar refractivity (Wildman–Crippen MR) is 47.3 cm³/mol. The Morgan fingerprint density at radius 3 is 2.13 bits per heavy atom. The van der Waals surface area contributed by atoms with Gasteiger partial charge in [0, 0.05) is 0 Å². The molecule has 0 fully saturated rings. The topological polar surface area (TPSA) is 88.5 Å². The summed E-state index contributed by atoms with van der Waals surface area (Å²) in [5.74, 6) is 0. The van der Waals surface area contributed by atoms with Gasteiger partial charge in [-0.3, -0.25) is 0 Å². The Bertz CT molecular complexity index is 534. The van der Waals surface area contributed by atoms with Gasteiger partial charge >= 0.3 is 92.7 Å². The first-order chi connectivity index (χ1) is 6.91. The third kappa shape index (κ3) is 3.67. The van der Waals surface area contributed by atoms with Gasteiger partial charge in [0.2, 0.25) is 0 Å². The van der Waals surface area contributed by atoms with Gasteiger partial charge in [-0.25, -0.2) is 0 Å². The summed E-state index contributed by atoms with van der Waals surface area (Å²) in [7, 11) is -4.65. The van der Waals surface area contributed by atoms with E-state index in [4.69, 9.17) is 4.55 Å². The second-order valence-electron chi connectivity index (χ2n) is 2.68. The van der Waals surface area contributed by atoms with Crippen LogP contribution in [0.15, 0.2) is 33.5 Å². The first kappa shape index (κ1) is 12.3. The van der Waals surface area contributed by atoms with Gasteiger partial charge < -0.3 is 0 Å². The molecule has 0 atom stereocenters. The first-order valence-electron chi connectivity index (χ1n) is 3.87. The van der Waals surface area contributed by atoms with E-state index >= 15 is 0 Å². The quantitative estimate of drug-likeness (QED) is 0.653. The van der Waals surface area contributed by atoms with Crippen molar-refractivity contribution in [2.24, 2.45) is 0 Å². The molecule has 0 amide bonds. The third-order valence-corrected chi connectivity index (χ3v) is 5.00. The molecule has 0 aromatic heterocycles. The maximum atomic E-state index is 10.7. The fourth-order valence-electron chi connectivity index (χ4n) is 0.939. The van der Waals surface area contributed by atoms with Crippen LogP contribution in [-0.4, -0.2) is 13.0 Å². The van der Waals surface area contributed by atoms with E-state index in [1.165, 1.54) is 12.1 Å². The van der Waals surface area contributed by atoms with E-state index in [2.05, 4.69) is 0 Å². The van der Waals surface area contributed by atoms with Crippen LogP contribution in [0, 0.1) is 0 Å². The summed E-state index contributed by atoms with van der Waals surface area (Å²) in [5.41, 5.74) is 0.404. The SMILES string of the molecule is [O]=[Ti](=[O])[C](=Cc1ccccc1)S(=O)(=O)O. The molecule has 0 unspecified atom stereocenters. The van der Waals surface area contributed by atoms with Crippen molar-refractivity contribution in [1.82, 2.24) is 0 Å². The Kier molecular flexibility index (Phi) is 3.93. The first-order valence-corrected chi connectivity index (χ1v) is 7.36. The van der Waals surface area contributed by atoms with Gasteiger partial charge in [0.1, 0.15) is 0 Å². The second kappa shape index (κ2) is 4.80. The number of hydrogen-bond donors (Lipinski definition) is 1. The molecule has 0 bridgehead atoms. The molecule has 1 rings (SSSR count). The van der Waals surface area contributed by atoms with Crippen LogP contribution in [0.2, 0.25) is 0 Å². The van der Waals surface area contributed by atoms with E-state index in [1.807, 2.05) is 0 Å². The van der Waals surface area contributed by atoms with Crippen LogP contribution in [0.5, 0.6) is 0 Å². The molecule has 1 aromatic carbocycles. The average Bonchev–Trinajstić information content (AvgIpc) is 2.13. The normalized spacial score (nSPS) is 12.5. The summed E-state index contributed by atoms with van der Waals surface area (Å²) in [6.45, 7) is 0. The van der Waals surface area contributed by atoms with E-state index in [9.17, 15) is 15.1 Å². The van der Waals surface area contributed by atoms with Crippen LogP contribution in [0.1, 0.15) is 5.56 Å². The summed E-state index contributed by atoms with van der Waals surface area (Å²) in [6.07, 6.45) is 0.935. The van der Waals surface area contributed by atoms with Crippen molar-refractivity contribution < 1.29 is 37.4 Å². The van der Waals surface area contributed by atoms with Gasteiger partial charge in [0.05, 0.1) is 0 Å². The summed E-state index contributed by atoms with van der Waals surface area (Å²) in [6, 6.07) is 8.03. The molecule has 7 heteroatoms. The molecular formula is C8H7O5STi. The molecule has 0 heterocycles. The second-order valence-corrected chi connectivity index (χ2v) is 6.38. The van der Waals surface area contributed by atoms with E-state index in [-0.39, 0.29) is 0 Å². The summed E-state index contributed by atoms with van der Waals surface area (Å²) < 4.78 is 50.5. The van der Waals surface area contributed by atoms with E-state index in [1.54, 1.807) is 18.2 Å². The van der Waals surface area contributed by atoms with Crippen molar-refractivity contribution >= 4 is 16.2 Å². The Balaban J connectivity index is 3.30. The number of hydrogen-bond acceptors (Lipinski definition) is 4. The van der Waals surface area contributed by atoms with E-state index in [0.29, 0.717) is 5.56 Å². The average molecular weight is 263 g/mol. The van der Waals surface area contributed by atoms with Crippen LogP contribution < -0.4 is 0 Å². The monoisotopic (exact) mass is 263 g/mol. The van der Waals surface area contributed by atoms with Crippen LogP contribution in [0.3, 0.4) is 0 Å². The molecule has 0 saturated heterocycles. The van der Waals surface area contributed by atoms with Crippen molar-refractivity contribution in [3.8, 4) is 0 Å². The minimum absolute atomic E-state index is 0.404. The van der Waals surface area contributed by atoms with Crippen molar-refractivity contribution in [2.75, 3.05) is 0 Å². The van der Waals surface area contributed by atoms with Crippen molar-refractivity contribution in [2.45, 2.75) is 0 Å². The minimum atomic E-state index is -4.65. The molecule has 0 aliphatic carbocycles. The summed E-state index contributed by atoms with van der Waals surface area (Å²) >= 11 is -4.32. The number of rotatable bonds is 3. The Labute approximate surface area is 92.7 Å². The van der Waals surface area contributed by atoms with Crippen LogP contribution in [0.25, 0.3) is 6.08 Å².